The van der Waals surface area contributed by atoms with Crippen molar-refractivity contribution in [3.8, 4) is 0 Å². The largest absolute Gasteiger partial charge is 0.463 e. The van der Waals surface area contributed by atoms with Crippen LogP contribution in [0, 0.1) is 0 Å². The summed E-state index contributed by atoms with van der Waals surface area (Å²) in [5.74, 6) is -0.338. The molecule has 3 N–H and O–H groups in total. The van der Waals surface area contributed by atoms with E-state index in [1.165, 1.54) is 0 Å². The molecule has 0 aromatic heterocycles. The minimum atomic E-state index is -0.338. The van der Waals surface area contributed by atoms with Crippen LogP contribution >= 0.6 is 0 Å². The molecule has 0 aliphatic carbocycles. The van der Waals surface area contributed by atoms with Gasteiger partial charge < -0.3 is 20.3 Å². The summed E-state index contributed by atoms with van der Waals surface area (Å²) in [6.45, 7) is 0.943. The predicted molar refractivity (Wildman–Crippen MR) is 42.6 cm³/mol. The van der Waals surface area contributed by atoms with Crippen LogP contribution in [0.15, 0.2) is 0 Å². The van der Waals surface area contributed by atoms with Gasteiger partial charge in [0.15, 0.2) is 0 Å². The summed E-state index contributed by atoms with van der Waals surface area (Å²) in [6.07, 6.45) is 0.264. The molecule has 0 spiro atoms. The maximum absolute atomic E-state index is 10.7. The fraction of sp³-hybridized carbons (Fsp3) is 0.857. The first kappa shape index (κ1) is 11.4. The molecule has 0 rings (SSSR count). The van der Waals surface area contributed by atoms with Gasteiger partial charge in [-0.2, -0.15) is 0 Å². The van der Waals surface area contributed by atoms with Crippen LogP contribution < -0.4 is 5.32 Å². The van der Waals surface area contributed by atoms with Gasteiger partial charge in [-0.25, -0.2) is 0 Å². The van der Waals surface area contributed by atoms with E-state index < -0.39 is 0 Å². The molecule has 0 bridgehead atoms. The lowest BCUT2D eigenvalue weighted by atomic mass is 10.4. The number of ether oxygens (including phenoxy) is 1. The van der Waals surface area contributed by atoms with E-state index in [-0.39, 0.29) is 32.2 Å². The van der Waals surface area contributed by atoms with E-state index in [4.69, 9.17) is 10.2 Å². The molecule has 72 valence electrons. The van der Waals surface area contributed by atoms with Gasteiger partial charge in [0.25, 0.3) is 0 Å². The average molecular weight is 177 g/mol. The van der Waals surface area contributed by atoms with Crippen LogP contribution in [0.2, 0.25) is 0 Å². The molecule has 5 nitrogen and oxygen atoms in total. The highest BCUT2D eigenvalue weighted by atomic mass is 16.5. The van der Waals surface area contributed by atoms with Crippen molar-refractivity contribution < 1.29 is 19.7 Å². The standard InChI is InChI=1S/C7H15NO4/c9-4-3-8-2-1-7(11)12-6-5-10/h8-10H,1-6H2. The van der Waals surface area contributed by atoms with E-state index in [1.807, 2.05) is 0 Å². The Labute approximate surface area is 71.3 Å². The fourth-order valence-electron chi connectivity index (χ4n) is 0.626. The number of nitrogens with one attached hydrogen (secondary N) is 1. The number of rotatable bonds is 7. The van der Waals surface area contributed by atoms with Crippen LogP contribution in [0.3, 0.4) is 0 Å². The maximum atomic E-state index is 10.7. The fourth-order valence-corrected chi connectivity index (χ4v) is 0.626. The zero-order chi connectivity index (χ0) is 9.23. The van der Waals surface area contributed by atoms with Crippen molar-refractivity contribution in [2.75, 3.05) is 32.9 Å². The number of hydrogen-bond acceptors (Lipinski definition) is 5. The summed E-state index contributed by atoms with van der Waals surface area (Å²) in [6, 6.07) is 0. The van der Waals surface area contributed by atoms with Gasteiger partial charge in [-0.1, -0.05) is 0 Å². The van der Waals surface area contributed by atoms with E-state index in [0.717, 1.165) is 0 Å². The third-order valence-corrected chi connectivity index (χ3v) is 1.15. The minimum absolute atomic E-state index is 0.0544. The Kier molecular flexibility index (Phi) is 7.99. The Morgan fingerprint density at radius 3 is 2.58 bits per heavy atom. The van der Waals surface area contributed by atoms with Crippen molar-refractivity contribution in [2.45, 2.75) is 6.42 Å². The molecule has 0 aromatic carbocycles. The third kappa shape index (κ3) is 7.46. The molecule has 0 radical (unpaired) electrons. The van der Waals surface area contributed by atoms with Crippen molar-refractivity contribution in [3.05, 3.63) is 0 Å². The second kappa shape index (κ2) is 8.45. The maximum Gasteiger partial charge on any atom is 0.307 e. The molecule has 0 aliphatic rings. The van der Waals surface area contributed by atoms with E-state index in [0.29, 0.717) is 13.1 Å². The van der Waals surface area contributed by atoms with E-state index in [9.17, 15) is 4.79 Å². The quantitative estimate of drug-likeness (QED) is 0.325. The molecule has 0 aromatic rings. The zero-order valence-corrected chi connectivity index (χ0v) is 6.95. The number of aliphatic hydroxyl groups is 2. The molecule has 0 unspecified atom stereocenters. The molecule has 0 fully saturated rings. The lowest BCUT2D eigenvalue weighted by Crippen LogP contribution is -2.22. The molecule has 0 amide bonds. The second-order valence-electron chi connectivity index (χ2n) is 2.17. The molecule has 0 atom stereocenters. The number of hydrogen-bond donors (Lipinski definition) is 3. The number of carbonyl (C=O) groups is 1. The topological polar surface area (TPSA) is 78.8 Å². The second-order valence-corrected chi connectivity index (χ2v) is 2.17. The zero-order valence-electron chi connectivity index (χ0n) is 6.95. The van der Waals surface area contributed by atoms with Crippen molar-refractivity contribution in [3.63, 3.8) is 0 Å². The van der Waals surface area contributed by atoms with E-state index in [1.54, 1.807) is 0 Å². The van der Waals surface area contributed by atoms with Gasteiger partial charge in [0.2, 0.25) is 0 Å². The Bertz CT molecular complexity index is 118. The minimum Gasteiger partial charge on any atom is -0.463 e. The monoisotopic (exact) mass is 177 g/mol. The summed E-state index contributed by atoms with van der Waals surface area (Å²) >= 11 is 0. The van der Waals surface area contributed by atoms with E-state index >= 15 is 0 Å². The molecular formula is C7H15NO4. The summed E-state index contributed by atoms with van der Waals surface area (Å²) in [5, 5.41) is 19.5. The smallest absolute Gasteiger partial charge is 0.307 e. The van der Waals surface area contributed by atoms with Gasteiger partial charge in [0, 0.05) is 13.1 Å². The van der Waals surface area contributed by atoms with Crippen molar-refractivity contribution in [1.82, 2.24) is 5.32 Å². The summed E-state index contributed by atoms with van der Waals surface area (Å²) in [4.78, 5) is 10.7. The Balaban J connectivity index is 3.08. The summed E-state index contributed by atoms with van der Waals surface area (Å²) in [7, 11) is 0. The first-order valence-corrected chi connectivity index (χ1v) is 3.89. The highest BCUT2D eigenvalue weighted by Crippen LogP contribution is 1.83. The van der Waals surface area contributed by atoms with Crippen LogP contribution in [0.4, 0.5) is 0 Å². The molecule has 0 heterocycles. The highest BCUT2D eigenvalue weighted by molar-refractivity contribution is 5.69. The molecular weight excluding hydrogens is 162 g/mol. The van der Waals surface area contributed by atoms with Crippen molar-refractivity contribution in [1.29, 1.82) is 0 Å². The van der Waals surface area contributed by atoms with Crippen LogP contribution in [-0.2, 0) is 9.53 Å². The first-order valence-electron chi connectivity index (χ1n) is 3.89. The lowest BCUT2D eigenvalue weighted by Gasteiger charge is -2.02. The molecule has 0 aliphatic heterocycles. The van der Waals surface area contributed by atoms with Gasteiger partial charge in [-0.05, 0) is 0 Å². The Hall–Kier alpha value is -0.650. The van der Waals surface area contributed by atoms with Gasteiger partial charge in [0.05, 0.1) is 19.6 Å². The summed E-state index contributed by atoms with van der Waals surface area (Å²) in [5.41, 5.74) is 0. The molecule has 0 saturated carbocycles. The van der Waals surface area contributed by atoms with Crippen LogP contribution in [0.1, 0.15) is 6.42 Å². The average Bonchev–Trinajstić information content (AvgIpc) is 2.09. The van der Waals surface area contributed by atoms with Crippen LogP contribution in [0.5, 0.6) is 0 Å². The molecule has 0 saturated heterocycles. The SMILES string of the molecule is O=C(CCNCCO)OCCO. The highest BCUT2D eigenvalue weighted by Gasteiger charge is 2.00. The van der Waals surface area contributed by atoms with Crippen molar-refractivity contribution in [2.24, 2.45) is 0 Å². The predicted octanol–water partition coefficient (Wildman–Crippen LogP) is -1.51. The lowest BCUT2D eigenvalue weighted by molar-refractivity contribution is -0.144. The number of carbonyl (C=O) groups excluding carboxylic acids is 1. The van der Waals surface area contributed by atoms with E-state index in [2.05, 4.69) is 10.1 Å². The number of esters is 1. The number of aliphatic hydroxyl groups excluding tert-OH is 2. The van der Waals surface area contributed by atoms with Crippen molar-refractivity contribution >= 4 is 5.97 Å². The van der Waals surface area contributed by atoms with Gasteiger partial charge >= 0.3 is 5.97 Å². The Morgan fingerprint density at radius 1 is 1.25 bits per heavy atom. The Morgan fingerprint density at radius 2 is 2.00 bits per heavy atom. The first-order chi connectivity index (χ1) is 5.81. The van der Waals surface area contributed by atoms with Gasteiger partial charge in [-0.15, -0.1) is 0 Å². The van der Waals surface area contributed by atoms with Crippen LogP contribution in [-0.4, -0.2) is 49.1 Å². The normalized spacial score (nSPS) is 9.83. The molecule has 12 heavy (non-hydrogen) atoms. The molecule has 5 heteroatoms. The third-order valence-electron chi connectivity index (χ3n) is 1.15. The van der Waals surface area contributed by atoms with Crippen LogP contribution in [0.25, 0.3) is 0 Å². The summed E-state index contributed by atoms with van der Waals surface area (Å²) < 4.78 is 4.58. The van der Waals surface area contributed by atoms with Gasteiger partial charge in [-0.3, -0.25) is 4.79 Å². The van der Waals surface area contributed by atoms with Gasteiger partial charge in [0.1, 0.15) is 6.61 Å².